The second kappa shape index (κ2) is 10.3. The van der Waals surface area contributed by atoms with Crippen LogP contribution in [0.2, 0.25) is 0 Å². The molecule has 3 aromatic rings. The monoisotopic (exact) mass is 492 g/mol. The van der Waals surface area contributed by atoms with Crippen LogP contribution in [0.3, 0.4) is 0 Å². The van der Waals surface area contributed by atoms with Gasteiger partial charge in [0.1, 0.15) is 11.6 Å². The Morgan fingerprint density at radius 2 is 1.60 bits per heavy atom. The maximum Gasteiger partial charge on any atom is 0.422 e. The summed E-state index contributed by atoms with van der Waals surface area (Å²) in [6, 6.07) is 9.26. The average molecular weight is 493 g/mol. The molecule has 0 N–H and O–H groups in total. The average Bonchev–Trinajstić information content (AvgIpc) is 2.81. The van der Waals surface area contributed by atoms with Crippen LogP contribution in [0, 0.1) is 23.4 Å². The third-order valence-corrected chi connectivity index (χ3v) is 6.76. The molecule has 1 fully saturated rings. The predicted octanol–water partition coefficient (Wildman–Crippen LogP) is 9.11. The van der Waals surface area contributed by atoms with Crippen molar-refractivity contribution in [1.82, 2.24) is 0 Å². The van der Waals surface area contributed by atoms with Crippen LogP contribution in [0.25, 0.3) is 21.9 Å². The van der Waals surface area contributed by atoms with Crippen molar-refractivity contribution in [3.05, 3.63) is 78.1 Å². The molecule has 0 aromatic heterocycles. The van der Waals surface area contributed by atoms with E-state index in [9.17, 15) is 17.6 Å². The fourth-order valence-electron chi connectivity index (χ4n) is 4.94. The van der Waals surface area contributed by atoms with E-state index in [4.69, 9.17) is 0 Å². The van der Waals surface area contributed by atoms with Crippen molar-refractivity contribution in [2.75, 3.05) is 6.61 Å². The van der Waals surface area contributed by atoms with E-state index in [1.54, 1.807) is 0 Å². The van der Waals surface area contributed by atoms with Gasteiger partial charge in [-0.1, -0.05) is 24.3 Å². The van der Waals surface area contributed by atoms with Crippen LogP contribution in [-0.2, 0) is 0 Å². The van der Waals surface area contributed by atoms with Gasteiger partial charge in [-0.3, -0.25) is 0 Å². The van der Waals surface area contributed by atoms with Crippen molar-refractivity contribution in [2.45, 2.75) is 50.6 Å². The molecule has 0 atom stereocenters. The molecule has 1 aliphatic rings. The van der Waals surface area contributed by atoms with Gasteiger partial charge in [0, 0.05) is 5.39 Å². The molecular formula is C28H26F6O. The minimum Gasteiger partial charge on any atom is -0.481 e. The summed E-state index contributed by atoms with van der Waals surface area (Å²) in [5.41, 5.74) is 0.646. The first kappa shape index (κ1) is 25.1. The highest BCUT2D eigenvalue weighted by Crippen LogP contribution is 2.40. The van der Waals surface area contributed by atoms with E-state index in [1.807, 2.05) is 6.08 Å². The fourth-order valence-corrected chi connectivity index (χ4v) is 4.94. The highest BCUT2D eigenvalue weighted by atomic mass is 19.4. The Labute approximate surface area is 200 Å². The number of allylic oxidation sites excluding steroid dienone is 1. The molecule has 0 bridgehead atoms. The zero-order valence-electron chi connectivity index (χ0n) is 19.1. The van der Waals surface area contributed by atoms with Crippen LogP contribution in [-0.4, -0.2) is 12.8 Å². The van der Waals surface area contributed by atoms with Gasteiger partial charge in [-0.25, -0.2) is 13.2 Å². The van der Waals surface area contributed by atoms with Crippen molar-refractivity contribution in [3.63, 3.8) is 0 Å². The largest absolute Gasteiger partial charge is 0.481 e. The topological polar surface area (TPSA) is 9.23 Å². The third kappa shape index (κ3) is 5.82. The first-order chi connectivity index (χ1) is 16.7. The zero-order chi connectivity index (χ0) is 25.2. The number of benzene rings is 3. The summed E-state index contributed by atoms with van der Waals surface area (Å²) in [7, 11) is 0. The summed E-state index contributed by atoms with van der Waals surface area (Å²) in [5.74, 6) is -2.16. The molecule has 0 amide bonds. The number of halogens is 6. The molecule has 0 saturated heterocycles. The maximum absolute atomic E-state index is 15.1. The van der Waals surface area contributed by atoms with E-state index < -0.39 is 36.0 Å². The Hall–Kier alpha value is -2.96. The normalized spacial score (nSPS) is 18.6. The number of hydrogen-bond donors (Lipinski definition) is 0. The van der Waals surface area contributed by atoms with E-state index in [0.717, 1.165) is 44.6 Å². The predicted molar refractivity (Wildman–Crippen MR) is 125 cm³/mol. The van der Waals surface area contributed by atoms with Gasteiger partial charge in [-0.05, 0) is 91.1 Å². The second-order valence-corrected chi connectivity index (χ2v) is 9.16. The van der Waals surface area contributed by atoms with Crippen molar-refractivity contribution in [3.8, 4) is 16.9 Å². The van der Waals surface area contributed by atoms with Crippen LogP contribution in [0.15, 0.2) is 55.1 Å². The van der Waals surface area contributed by atoms with Gasteiger partial charge >= 0.3 is 6.18 Å². The summed E-state index contributed by atoms with van der Waals surface area (Å²) in [5, 5.41) is 0.291. The highest BCUT2D eigenvalue weighted by molar-refractivity contribution is 5.89. The van der Waals surface area contributed by atoms with Gasteiger partial charge in [0.15, 0.2) is 18.2 Å². The van der Waals surface area contributed by atoms with Crippen LogP contribution in [0.5, 0.6) is 5.75 Å². The third-order valence-electron chi connectivity index (χ3n) is 6.76. The number of ether oxygens (including phenoxy) is 1. The fraction of sp³-hybridized carbons (Fsp3) is 0.357. The molecule has 4 rings (SSSR count). The molecule has 3 aromatic carbocycles. The minimum absolute atomic E-state index is 0.000856. The first-order valence-corrected chi connectivity index (χ1v) is 11.7. The Morgan fingerprint density at radius 1 is 0.914 bits per heavy atom. The second-order valence-electron chi connectivity index (χ2n) is 9.16. The van der Waals surface area contributed by atoms with Gasteiger partial charge in [0.05, 0.1) is 5.56 Å². The lowest BCUT2D eigenvalue weighted by molar-refractivity contribution is -0.153. The Kier molecular flexibility index (Phi) is 7.43. The molecule has 7 heteroatoms. The van der Waals surface area contributed by atoms with Gasteiger partial charge in [0.25, 0.3) is 0 Å². The van der Waals surface area contributed by atoms with E-state index in [2.05, 4.69) is 11.3 Å². The van der Waals surface area contributed by atoms with E-state index in [1.165, 1.54) is 36.4 Å². The van der Waals surface area contributed by atoms with Crippen molar-refractivity contribution in [2.24, 2.45) is 5.92 Å². The molecule has 1 saturated carbocycles. The number of alkyl halides is 3. The molecule has 0 spiro atoms. The van der Waals surface area contributed by atoms with Crippen LogP contribution in [0.1, 0.15) is 50.0 Å². The van der Waals surface area contributed by atoms with Gasteiger partial charge in [-0.15, -0.1) is 6.58 Å². The summed E-state index contributed by atoms with van der Waals surface area (Å²) < 4.78 is 86.6. The lowest BCUT2D eigenvalue weighted by atomic mass is 9.77. The number of fused-ring (bicyclic) bond motifs is 1. The maximum atomic E-state index is 15.1. The van der Waals surface area contributed by atoms with Gasteiger partial charge in [-0.2, -0.15) is 13.2 Å². The SMILES string of the molecule is C=CCCC1CCC(c2cc(F)c(-c3ccc4c(F)c(OCC(F)(F)F)ccc4c3)c(F)c2)CC1. The van der Waals surface area contributed by atoms with Crippen molar-refractivity contribution >= 4 is 10.8 Å². The molecule has 0 heterocycles. The van der Waals surface area contributed by atoms with E-state index >= 15 is 8.78 Å². The minimum atomic E-state index is -4.60. The molecule has 0 radical (unpaired) electrons. The Bertz CT molecular complexity index is 1190. The number of hydrogen-bond acceptors (Lipinski definition) is 1. The lowest BCUT2D eigenvalue weighted by Gasteiger charge is -2.29. The summed E-state index contributed by atoms with van der Waals surface area (Å²) in [4.78, 5) is 0. The molecule has 0 unspecified atom stereocenters. The smallest absolute Gasteiger partial charge is 0.422 e. The Morgan fingerprint density at radius 3 is 2.23 bits per heavy atom. The van der Waals surface area contributed by atoms with Gasteiger partial charge in [0.2, 0.25) is 0 Å². The standard InChI is InChI=1S/C28H26F6O/c1-2-3-4-17-5-7-18(8-6-17)21-14-23(29)26(24(30)15-21)20-9-11-22-19(13-20)10-12-25(27(22)31)35-16-28(32,33)34/h2,9-15,17-18H,1,3-8,16H2. The molecule has 186 valence electrons. The Balaban J connectivity index is 1.56. The summed E-state index contributed by atoms with van der Waals surface area (Å²) in [6.07, 6.45) is 3.20. The van der Waals surface area contributed by atoms with Gasteiger partial charge < -0.3 is 4.74 Å². The van der Waals surface area contributed by atoms with Crippen molar-refractivity contribution < 1.29 is 31.1 Å². The van der Waals surface area contributed by atoms with Crippen LogP contribution >= 0.6 is 0 Å². The van der Waals surface area contributed by atoms with Crippen LogP contribution < -0.4 is 4.74 Å². The molecule has 0 aliphatic heterocycles. The summed E-state index contributed by atoms with van der Waals surface area (Å²) >= 11 is 0. The van der Waals surface area contributed by atoms with Crippen LogP contribution in [0.4, 0.5) is 26.3 Å². The molecular weight excluding hydrogens is 466 g/mol. The van der Waals surface area contributed by atoms with E-state index in [0.29, 0.717) is 16.9 Å². The first-order valence-electron chi connectivity index (χ1n) is 11.7. The van der Waals surface area contributed by atoms with E-state index in [-0.39, 0.29) is 22.4 Å². The molecule has 1 aliphatic carbocycles. The summed E-state index contributed by atoms with van der Waals surface area (Å²) in [6.45, 7) is 2.14. The number of rotatable bonds is 7. The highest BCUT2D eigenvalue weighted by Gasteiger charge is 2.29. The quantitative estimate of drug-likeness (QED) is 0.236. The lowest BCUT2D eigenvalue weighted by Crippen LogP contribution is -2.19. The molecule has 1 nitrogen and oxygen atoms in total. The zero-order valence-corrected chi connectivity index (χ0v) is 19.1. The van der Waals surface area contributed by atoms with Crippen molar-refractivity contribution in [1.29, 1.82) is 0 Å². The molecule has 35 heavy (non-hydrogen) atoms.